The molecule has 0 aliphatic rings. The maximum Gasteiger partial charge on any atom is 0.260 e. The Morgan fingerprint density at radius 3 is 2.48 bits per heavy atom. The summed E-state index contributed by atoms with van der Waals surface area (Å²) < 4.78 is 5.54. The van der Waals surface area contributed by atoms with Crippen LogP contribution in [0.4, 0.5) is 0 Å². The van der Waals surface area contributed by atoms with Gasteiger partial charge in [-0.05, 0) is 43.2 Å². The summed E-state index contributed by atoms with van der Waals surface area (Å²) >= 11 is 1.70. The van der Waals surface area contributed by atoms with E-state index in [0.717, 1.165) is 11.3 Å². The molecule has 27 heavy (non-hydrogen) atoms. The summed E-state index contributed by atoms with van der Waals surface area (Å²) in [6.45, 7) is 3.14. The minimum atomic E-state index is -0.100. The minimum Gasteiger partial charge on any atom is -0.504 e. The molecule has 0 aliphatic carbocycles. The molecule has 3 rings (SSSR count). The number of aryl methyl sites for hydroxylation is 1. The van der Waals surface area contributed by atoms with Crippen molar-refractivity contribution < 1.29 is 14.6 Å². The van der Waals surface area contributed by atoms with E-state index in [0.29, 0.717) is 18.8 Å². The molecule has 4 nitrogen and oxygen atoms in total. The lowest BCUT2D eigenvalue weighted by Crippen LogP contribution is -2.35. The quantitative estimate of drug-likeness (QED) is 0.629. The molecule has 2 aromatic carbocycles. The lowest BCUT2D eigenvalue weighted by atomic mass is 10.1. The highest BCUT2D eigenvalue weighted by Gasteiger charge is 2.16. The second-order valence-corrected chi connectivity index (χ2v) is 7.69. The van der Waals surface area contributed by atoms with Gasteiger partial charge < -0.3 is 14.7 Å². The number of hydrogen-bond acceptors (Lipinski definition) is 4. The van der Waals surface area contributed by atoms with E-state index in [1.807, 2.05) is 23.1 Å². The van der Waals surface area contributed by atoms with Crippen LogP contribution < -0.4 is 4.74 Å². The van der Waals surface area contributed by atoms with Gasteiger partial charge in [0.2, 0.25) is 0 Å². The van der Waals surface area contributed by atoms with Crippen LogP contribution in [-0.2, 0) is 17.8 Å². The number of thiophene rings is 1. The number of aromatic hydroxyl groups is 1. The minimum absolute atomic E-state index is 0.0371. The molecule has 1 heterocycles. The van der Waals surface area contributed by atoms with Crippen LogP contribution in [0.25, 0.3) is 0 Å². The molecular weight excluding hydrogens is 358 g/mol. The molecule has 0 bridgehead atoms. The summed E-state index contributed by atoms with van der Waals surface area (Å²) in [5.74, 6) is 0.260. The number of benzene rings is 2. The zero-order valence-electron chi connectivity index (χ0n) is 15.3. The molecule has 0 fully saturated rings. The predicted molar refractivity (Wildman–Crippen MR) is 108 cm³/mol. The van der Waals surface area contributed by atoms with Crippen LogP contribution in [0, 0.1) is 6.92 Å². The largest absolute Gasteiger partial charge is 0.504 e. The van der Waals surface area contributed by atoms with E-state index in [4.69, 9.17) is 4.74 Å². The van der Waals surface area contributed by atoms with Crippen LogP contribution in [0.5, 0.6) is 11.5 Å². The van der Waals surface area contributed by atoms with Crippen LogP contribution in [0.15, 0.2) is 66.7 Å². The van der Waals surface area contributed by atoms with Crippen LogP contribution in [0.1, 0.15) is 15.3 Å². The zero-order valence-corrected chi connectivity index (χ0v) is 16.1. The van der Waals surface area contributed by atoms with E-state index >= 15 is 0 Å². The van der Waals surface area contributed by atoms with Gasteiger partial charge in [0.15, 0.2) is 18.1 Å². The summed E-state index contributed by atoms with van der Waals surface area (Å²) in [6, 6.07) is 20.9. The van der Waals surface area contributed by atoms with Crippen molar-refractivity contribution in [1.82, 2.24) is 4.90 Å². The van der Waals surface area contributed by atoms with Gasteiger partial charge in [-0.1, -0.05) is 42.5 Å². The Morgan fingerprint density at radius 1 is 1.04 bits per heavy atom. The van der Waals surface area contributed by atoms with Gasteiger partial charge in [0.05, 0.1) is 6.54 Å². The monoisotopic (exact) mass is 381 g/mol. The normalized spacial score (nSPS) is 10.6. The van der Waals surface area contributed by atoms with E-state index in [-0.39, 0.29) is 18.3 Å². The average Bonchev–Trinajstić information content (AvgIpc) is 3.10. The Balaban J connectivity index is 1.65. The van der Waals surface area contributed by atoms with E-state index in [1.165, 1.54) is 10.4 Å². The number of nitrogens with zero attached hydrogens (tertiary/aromatic N) is 1. The van der Waals surface area contributed by atoms with E-state index < -0.39 is 0 Å². The van der Waals surface area contributed by atoms with Gasteiger partial charge in [-0.2, -0.15) is 0 Å². The molecule has 0 aliphatic heterocycles. The highest BCUT2D eigenvalue weighted by Crippen LogP contribution is 2.24. The SMILES string of the molecule is Cc1ccc(CN(CCc2ccccc2)C(=O)COc2ccccc2O)s1. The standard InChI is InChI=1S/C22H23NO3S/c1-17-11-12-19(27-17)15-23(14-13-18-7-3-2-4-8-18)22(25)16-26-21-10-6-5-9-20(21)24/h2-12,24H,13-16H2,1H3. The summed E-state index contributed by atoms with van der Waals surface area (Å²) in [5, 5.41) is 9.80. The molecule has 1 aromatic heterocycles. The van der Waals surface area contributed by atoms with Crippen molar-refractivity contribution in [2.45, 2.75) is 19.9 Å². The Hall–Kier alpha value is -2.79. The first-order valence-electron chi connectivity index (χ1n) is 8.89. The number of ether oxygens (including phenoxy) is 1. The smallest absolute Gasteiger partial charge is 0.260 e. The number of carbonyl (C=O) groups excluding carboxylic acids is 1. The molecule has 0 radical (unpaired) electrons. The van der Waals surface area contributed by atoms with Crippen molar-refractivity contribution in [1.29, 1.82) is 0 Å². The Bertz CT molecular complexity index is 876. The summed E-state index contributed by atoms with van der Waals surface area (Å²) in [7, 11) is 0. The average molecular weight is 381 g/mol. The van der Waals surface area contributed by atoms with Crippen LogP contribution >= 0.6 is 11.3 Å². The fourth-order valence-corrected chi connectivity index (χ4v) is 3.67. The summed E-state index contributed by atoms with van der Waals surface area (Å²) in [5.41, 5.74) is 1.19. The van der Waals surface area contributed by atoms with Gasteiger partial charge in [0.25, 0.3) is 5.91 Å². The van der Waals surface area contributed by atoms with Crippen LogP contribution in [0.2, 0.25) is 0 Å². The van der Waals surface area contributed by atoms with Gasteiger partial charge in [-0.3, -0.25) is 4.79 Å². The molecule has 0 atom stereocenters. The molecule has 0 spiro atoms. The van der Waals surface area contributed by atoms with E-state index in [2.05, 4.69) is 31.2 Å². The maximum absolute atomic E-state index is 12.8. The fraction of sp³-hybridized carbons (Fsp3) is 0.227. The maximum atomic E-state index is 12.8. The van der Waals surface area contributed by atoms with Crippen molar-refractivity contribution in [3.8, 4) is 11.5 Å². The molecule has 1 amide bonds. The third-order valence-corrected chi connectivity index (χ3v) is 5.21. The van der Waals surface area contributed by atoms with E-state index in [1.54, 1.807) is 35.6 Å². The Labute approximate surface area is 163 Å². The van der Waals surface area contributed by atoms with Gasteiger partial charge in [0.1, 0.15) is 0 Å². The Kier molecular flexibility index (Phi) is 6.49. The second-order valence-electron chi connectivity index (χ2n) is 6.32. The first-order valence-corrected chi connectivity index (χ1v) is 9.71. The van der Waals surface area contributed by atoms with Crippen molar-refractivity contribution in [2.24, 2.45) is 0 Å². The fourth-order valence-electron chi connectivity index (χ4n) is 2.77. The number of amides is 1. The highest BCUT2D eigenvalue weighted by atomic mass is 32.1. The molecule has 140 valence electrons. The van der Waals surface area contributed by atoms with E-state index in [9.17, 15) is 9.90 Å². The second kappa shape index (κ2) is 9.24. The van der Waals surface area contributed by atoms with Gasteiger partial charge >= 0.3 is 0 Å². The summed E-state index contributed by atoms with van der Waals surface area (Å²) in [6.07, 6.45) is 0.785. The van der Waals surface area contributed by atoms with Crippen molar-refractivity contribution >= 4 is 17.2 Å². The predicted octanol–water partition coefficient (Wildman–Crippen LogP) is 4.41. The Morgan fingerprint density at radius 2 is 1.78 bits per heavy atom. The molecular formula is C22H23NO3S. The first kappa shape index (κ1) is 19.0. The number of hydrogen-bond donors (Lipinski definition) is 1. The number of carbonyl (C=O) groups is 1. The van der Waals surface area contributed by atoms with Gasteiger partial charge in [-0.25, -0.2) is 0 Å². The zero-order chi connectivity index (χ0) is 19.1. The lowest BCUT2D eigenvalue weighted by molar-refractivity contribution is -0.133. The molecule has 3 aromatic rings. The summed E-state index contributed by atoms with van der Waals surface area (Å²) in [4.78, 5) is 17.0. The van der Waals surface area contributed by atoms with Crippen molar-refractivity contribution in [2.75, 3.05) is 13.2 Å². The molecule has 0 unspecified atom stereocenters. The van der Waals surface area contributed by atoms with Crippen LogP contribution in [-0.4, -0.2) is 29.1 Å². The molecule has 1 N–H and O–H groups in total. The number of rotatable bonds is 8. The topological polar surface area (TPSA) is 49.8 Å². The molecule has 0 saturated heterocycles. The number of para-hydroxylation sites is 2. The van der Waals surface area contributed by atoms with Crippen molar-refractivity contribution in [3.63, 3.8) is 0 Å². The lowest BCUT2D eigenvalue weighted by Gasteiger charge is -2.22. The third kappa shape index (κ3) is 5.59. The molecule has 5 heteroatoms. The number of phenols is 1. The van der Waals surface area contributed by atoms with Crippen LogP contribution in [0.3, 0.4) is 0 Å². The number of phenolic OH excluding ortho intramolecular Hbond substituents is 1. The van der Waals surface area contributed by atoms with Crippen molar-refractivity contribution in [3.05, 3.63) is 82.0 Å². The molecule has 0 saturated carbocycles. The first-order chi connectivity index (χ1) is 13.1. The van der Waals surface area contributed by atoms with Gasteiger partial charge in [-0.15, -0.1) is 11.3 Å². The van der Waals surface area contributed by atoms with Gasteiger partial charge in [0, 0.05) is 16.3 Å². The highest BCUT2D eigenvalue weighted by molar-refractivity contribution is 7.11. The third-order valence-electron chi connectivity index (χ3n) is 4.23.